The molecule has 0 aliphatic heterocycles. The van der Waals surface area contributed by atoms with E-state index in [1.54, 1.807) is 0 Å². The maximum Gasteiger partial charge on any atom is 0.509 e. The molecule has 5 aliphatic carbocycles. The van der Waals surface area contributed by atoms with Crippen LogP contribution in [0.5, 0.6) is 0 Å². The van der Waals surface area contributed by atoms with Crippen LogP contribution in [0.4, 0.5) is 4.79 Å². The van der Waals surface area contributed by atoms with Crippen molar-refractivity contribution < 1.29 is 33.8 Å². The number of nitrogens with zero attached hydrogens (tertiary/aromatic N) is 1. The average Bonchev–Trinajstić information content (AvgIpc) is 3.34. The number of aliphatic hydroxyl groups is 1. The summed E-state index contributed by atoms with van der Waals surface area (Å²) in [6.07, 6.45) is 14.4. The summed E-state index contributed by atoms with van der Waals surface area (Å²) in [5.74, 6) is 1.24. The summed E-state index contributed by atoms with van der Waals surface area (Å²) in [6.45, 7) is 12.0. The largest absolute Gasteiger partial charge is 0.509 e. The lowest BCUT2D eigenvalue weighted by Crippen LogP contribution is -2.51. The minimum absolute atomic E-state index is 0.166. The van der Waals surface area contributed by atoms with Crippen LogP contribution in [0.15, 0.2) is 11.6 Å². The number of carbonyl (C=O) groups is 2. The summed E-state index contributed by atoms with van der Waals surface area (Å²) in [6, 6.07) is 0. The highest BCUT2D eigenvalue weighted by molar-refractivity contribution is 5.68. The van der Waals surface area contributed by atoms with Gasteiger partial charge in [0.05, 0.1) is 33.2 Å². The van der Waals surface area contributed by atoms with Gasteiger partial charge in [-0.3, -0.25) is 4.79 Å². The Morgan fingerprint density at radius 2 is 1.77 bits per heavy atom. The average molecular weight is 603 g/mol. The molecule has 1 unspecified atom stereocenters. The molecule has 7 nitrogen and oxygen atoms in total. The molecule has 0 aromatic carbocycles. The predicted octanol–water partition coefficient (Wildman–Crippen LogP) is 7.36. The lowest BCUT2D eigenvalue weighted by Gasteiger charge is -2.58. The normalized spacial score (nSPS) is 41.0. The molecule has 2 N–H and O–H groups in total. The van der Waals surface area contributed by atoms with Crippen LogP contribution in [-0.2, 0) is 14.3 Å². The Kier molecular flexibility index (Phi) is 8.41. The quantitative estimate of drug-likeness (QED) is 0.154. The summed E-state index contributed by atoms with van der Waals surface area (Å²) in [4.78, 5) is 24.1. The molecule has 9 atom stereocenters. The molecule has 5 aliphatic rings. The molecule has 0 bridgehead atoms. The van der Waals surface area contributed by atoms with Gasteiger partial charge in [-0.15, -0.1) is 0 Å². The number of hydrogen-bond donors (Lipinski definition) is 2. The van der Waals surface area contributed by atoms with E-state index in [0.29, 0.717) is 33.2 Å². The van der Waals surface area contributed by atoms with Crippen LogP contribution >= 0.6 is 0 Å². The van der Waals surface area contributed by atoms with Crippen molar-refractivity contribution in [3.05, 3.63) is 11.6 Å². The van der Waals surface area contributed by atoms with E-state index in [2.05, 4.69) is 26.8 Å². The maximum atomic E-state index is 12.8. The molecule has 0 saturated heterocycles. The van der Waals surface area contributed by atoms with Gasteiger partial charge < -0.3 is 24.2 Å². The van der Waals surface area contributed by atoms with E-state index in [9.17, 15) is 19.8 Å². The van der Waals surface area contributed by atoms with Crippen LogP contribution in [0.3, 0.4) is 0 Å². The van der Waals surface area contributed by atoms with Crippen LogP contribution in [0.25, 0.3) is 0 Å². The zero-order valence-electron chi connectivity index (χ0n) is 28.3. The minimum atomic E-state index is -0.976. The molecule has 244 valence electrons. The number of rotatable bonds is 10. The van der Waals surface area contributed by atoms with E-state index in [1.807, 2.05) is 35.0 Å². The lowest BCUT2D eigenvalue weighted by atomic mass is 9.46. The standard InChI is InChI=1S/C36H59NO6/c1-32(2,41)15-9-16-33(3)23-36(33)19-14-29-27-11-10-24-20-25(12-17-34(24,4)28(27)13-18-35(29,36)5)42-31(40)43-26(21-30(38)39)22-37(6,7)8/h10,25-29,41H,9,11-23H2,1-8H3/p+1/t25-,26-,27+,28-,29-,33?,34-,35-,36-/m0/s1. The third-order valence-electron chi connectivity index (χ3n) is 13.3. The Morgan fingerprint density at radius 3 is 2.42 bits per heavy atom. The van der Waals surface area contributed by atoms with Crippen molar-refractivity contribution in [3.63, 3.8) is 0 Å². The highest BCUT2D eigenvalue weighted by Gasteiger charge is 2.76. The molecule has 4 saturated carbocycles. The molecule has 1 spiro atoms. The molecular weight excluding hydrogens is 542 g/mol. The first-order valence-electron chi connectivity index (χ1n) is 17.1. The monoisotopic (exact) mass is 602 g/mol. The first-order chi connectivity index (χ1) is 19.8. The summed E-state index contributed by atoms with van der Waals surface area (Å²) in [5.41, 5.74) is 2.38. The molecule has 0 aromatic rings. The van der Waals surface area contributed by atoms with Crippen molar-refractivity contribution in [1.82, 2.24) is 0 Å². The van der Waals surface area contributed by atoms with E-state index in [-0.39, 0.29) is 17.9 Å². The highest BCUT2D eigenvalue weighted by atomic mass is 16.7. The fourth-order valence-electron chi connectivity index (χ4n) is 11.3. The molecule has 43 heavy (non-hydrogen) atoms. The number of allylic oxidation sites excluding steroid dienone is 1. The van der Waals surface area contributed by atoms with Gasteiger partial charge in [0, 0.05) is 6.42 Å². The molecule has 0 amide bonds. The van der Waals surface area contributed by atoms with E-state index < -0.39 is 23.8 Å². The number of likely N-dealkylation sites (N-methyl/N-ethyl adjacent to an activating group) is 1. The Labute approximate surface area is 260 Å². The van der Waals surface area contributed by atoms with Gasteiger partial charge in [-0.25, -0.2) is 4.79 Å². The van der Waals surface area contributed by atoms with Gasteiger partial charge in [0.1, 0.15) is 12.6 Å². The summed E-state index contributed by atoms with van der Waals surface area (Å²) in [7, 11) is 5.87. The fraction of sp³-hybridized carbons (Fsp3) is 0.889. The second-order valence-electron chi connectivity index (χ2n) is 17.8. The second-order valence-corrected chi connectivity index (χ2v) is 17.8. The van der Waals surface area contributed by atoms with E-state index >= 15 is 0 Å². The number of carboxylic acid groups (broad SMARTS) is 1. The summed E-state index contributed by atoms with van der Waals surface area (Å²) >= 11 is 0. The topological polar surface area (TPSA) is 93.1 Å². The van der Waals surface area contributed by atoms with Crippen LogP contribution in [0.2, 0.25) is 0 Å². The molecule has 5 rings (SSSR count). The van der Waals surface area contributed by atoms with Crippen molar-refractivity contribution in [1.29, 1.82) is 0 Å². The Morgan fingerprint density at radius 1 is 1.07 bits per heavy atom. The molecule has 0 aromatic heterocycles. The number of hydrogen-bond acceptors (Lipinski definition) is 5. The number of aliphatic carboxylic acids is 1. The van der Waals surface area contributed by atoms with Crippen LogP contribution in [0.1, 0.15) is 118 Å². The van der Waals surface area contributed by atoms with Gasteiger partial charge in [-0.05, 0) is 117 Å². The zero-order valence-corrected chi connectivity index (χ0v) is 28.3. The highest BCUT2D eigenvalue weighted by Crippen LogP contribution is 2.84. The first-order valence-corrected chi connectivity index (χ1v) is 17.1. The molecule has 0 radical (unpaired) electrons. The molecule has 4 fully saturated rings. The van der Waals surface area contributed by atoms with Crippen molar-refractivity contribution in [2.45, 2.75) is 136 Å². The van der Waals surface area contributed by atoms with Gasteiger partial charge in [0.2, 0.25) is 0 Å². The number of fused-ring (bicyclic) bond motifs is 6. The molecule has 0 heterocycles. The number of carbonyl (C=O) groups excluding carboxylic acids is 1. The summed E-state index contributed by atoms with van der Waals surface area (Å²) in [5, 5.41) is 19.6. The van der Waals surface area contributed by atoms with Crippen molar-refractivity contribution >= 4 is 12.1 Å². The lowest BCUT2D eigenvalue weighted by molar-refractivity contribution is -0.873. The summed E-state index contributed by atoms with van der Waals surface area (Å²) < 4.78 is 11.9. The second kappa shape index (κ2) is 11.0. The smallest absolute Gasteiger partial charge is 0.481 e. The van der Waals surface area contributed by atoms with E-state index in [0.717, 1.165) is 50.4 Å². The van der Waals surface area contributed by atoms with Gasteiger partial charge in [-0.1, -0.05) is 38.8 Å². The third-order valence-corrected chi connectivity index (χ3v) is 13.3. The minimum Gasteiger partial charge on any atom is -0.481 e. The van der Waals surface area contributed by atoms with Crippen LogP contribution in [-0.4, -0.2) is 72.3 Å². The van der Waals surface area contributed by atoms with Crippen molar-refractivity contribution in [2.24, 2.45) is 39.4 Å². The van der Waals surface area contributed by atoms with E-state index in [4.69, 9.17) is 9.47 Å². The SMILES string of the molecule is CC(C)(O)CCCC1(C)C[C@@]12CC[C@H]1[C@@H]3CC=C4C[C@@H](OC(=O)O[C@@H](CC(=O)O)C[N+](C)(C)C)CC[C@]4(C)[C@H]3CC[C@@]12C. The Bertz CT molecular complexity index is 1120. The Hall–Kier alpha value is -1.60. The first kappa shape index (κ1) is 32.8. The van der Waals surface area contributed by atoms with Gasteiger partial charge in [0.15, 0.2) is 6.10 Å². The predicted molar refractivity (Wildman–Crippen MR) is 167 cm³/mol. The zero-order chi connectivity index (χ0) is 31.6. The van der Waals surface area contributed by atoms with Crippen LogP contribution in [0, 0.1) is 39.4 Å². The van der Waals surface area contributed by atoms with E-state index in [1.165, 1.54) is 44.1 Å². The maximum absolute atomic E-state index is 12.8. The molecule has 7 heteroatoms. The fourth-order valence-corrected chi connectivity index (χ4v) is 11.3. The van der Waals surface area contributed by atoms with Crippen molar-refractivity contribution in [2.75, 3.05) is 27.7 Å². The van der Waals surface area contributed by atoms with Crippen LogP contribution < -0.4 is 0 Å². The van der Waals surface area contributed by atoms with Gasteiger partial charge >= 0.3 is 12.1 Å². The number of ether oxygens (including phenoxy) is 2. The number of carboxylic acids is 1. The number of quaternary nitrogens is 1. The third kappa shape index (κ3) is 6.15. The van der Waals surface area contributed by atoms with Gasteiger partial charge in [-0.2, -0.15) is 0 Å². The Balaban J connectivity index is 1.22. The molecular formula is C36H60NO6+. The van der Waals surface area contributed by atoms with Crippen molar-refractivity contribution in [3.8, 4) is 0 Å². The van der Waals surface area contributed by atoms with Gasteiger partial charge in [0.25, 0.3) is 0 Å².